The maximum Gasteiger partial charge on any atom is 0.252 e. The maximum atomic E-state index is 12.6. The number of ether oxygens (including phenoxy) is 1. The Morgan fingerprint density at radius 2 is 1.84 bits per heavy atom. The molecule has 25 heavy (non-hydrogen) atoms. The lowest BCUT2D eigenvalue weighted by atomic mass is 9.99. The molecule has 0 aromatic heterocycles. The van der Waals surface area contributed by atoms with Crippen molar-refractivity contribution < 1.29 is 9.53 Å². The highest BCUT2D eigenvalue weighted by Crippen LogP contribution is 2.32. The molecule has 3 aromatic rings. The van der Waals surface area contributed by atoms with E-state index in [1.54, 1.807) is 0 Å². The topological polar surface area (TPSA) is 38.3 Å². The largest absolute Gasteiger partial charge is 0.492 e. The van der Waals surface area contributed by atoms with Crippen LogP contribution in [0.25, 0.3) is 10.8 Å². The molecule has 4 rings (SSSR count). The Hall–Kier alpha value is -2.81. The van der Waals surface area contributed by atoms with Gasteiger partial charge in [-0.25, -0.2) is 0 Å². The summed E-state index contributed by atoms with van der Waals surface area (Å²) in [6.07, 6.45) is 2.14. The molecule has 1 N–H and O–H groups in total. The van der Waals surface area contributed by atoms with Crippen LogP contribution in [0, 0.1) is 6.92 Å². The number of nitrogens with one attached hydrogen (secondary N) is 1. The monoisotopic (exact) mass is 331 g/mol. The fraction of sp³-hybridized carbons (Fsp3) is 0.227. The molecule has 1 aliphatic rings. The summed E-state index contributed by atoms with van der Waals surface area (Å²) in [6.45, 7) is 2.97. The van der Waals surface area contributed by atoms with Gasteiger partial charge in [-0.1, -0.05) is 36.4 Å². The number of hydrogen-bond acceptors (Lipinski definition) is 2. The van der Waals surface area contributed by atoms with Crippen molar-refractivity contribution in [3.05, 3.63) is 76.9 Å². The Labute approximate surface area is 147 Å². The quantitative estimate of drug-likeness (QED) is 0.716. The third-order valence-corrected chi connectivity index (χ3v) is 4.77. The van der Waals surface area contributed by atoms with Gasteiger partial charge in [-0.15, -0.1) is 0 Å². The average Bonchev–Trinajstić information content (AvgIpc) is 3.04. The second-order valence-corrected chi connectivity index (χ2v) is 6.53. The Morgan fingerprint density at radius 1 is 1.04 bits per heavy atom. The second kappa shape index (κ2) is 6.60. The van der Waals surface area contributed by atoms with Gasteiger partial charge in [-0.3, -0.25) is 4.79 Å². The number of benzene rings is 3. The maximum absolute atomic E-state index is 12.6. The summed E-state index contributed by atoms with van der Waals surface area (Å²) in [6, 6.07) is 18.2. The van der Waals surface area contributed by atoms with Gasteiger partial charge in [-0.2, -0.15) is 0 Å². The van der Waals surface area contributed by atoms with Gasteiger partial charge in [0.25, 0.3) is 5.91 Å². The molecule has 0 saturated carbocycles. The number of hydrogen-bond donors (Lipinski definition) is 1. The van der Waals surface area contributed by atoms with E-state index in [0.717, 1.165) is 35.1 Å². The molecule has 1 amide bonds. The number of amides is 1. The van der Waals surface area contributed by atoms with Crippen LogP contribution in [-0.2, 0) is 12.8 Å². The molecule has 3 heteroatoms. The highest BCUT2D eigenvalue weighted by Gasteiger charge is 2.18. The first-order valence-electron chi connectivity index (χ1n) is 8.73. The van der Waals surface area contributed by atoms with E-state index in [0.29, 0.717) is 13.2 Å². The molecular formula is C22H21NO2. The number of rotatable bonds is 5. The SMILES string of the molecule is Cc1cccc(OCCNC(=O)c2ccc3c4c(cccc24)CC3)c1. The first-order chi connectivity index (χ1) is 12.2. The van der Waals surface area contributed by atoms with Crippen molar-refractivity contribution in [2.45, 2.75) is 19.8 Å². The van der Waals surface area contributed by atoms with Crippen molar-refractivity contribution in [3.8, 4) is 5.75 Å². The summed E-state index contributed by atoms with van der Waals surface area (Å²) in [5, 5.41) is 5.30. The minimum atomic E-state index is -0.0385. The molecule has 0 heterocycles. The Kier molecular flexibility index (Phi) is 4.14. The van der Waals surface area contributed by atoms with Crippen LogP contribution in [0.3, 0.4) is 0 Å². The van der Waals surface area contributed by atoms with E-state index in [4.69, 9.17) is 4.74 Å². The van der Waals surface area contributed by atoms with Gasteiger partial charge in [0.1, 0.15) is 12.4 Å². The zero-order valence-corrected chi connectivity index (χ0v) is 14.3. The molecule has 0 unspecified atom stereocenters. The standard InChI is InChI=1S/C22H21NO2/c1-15-4-2-6-18(14-15)25-13-12-23-22(24)20-11-10-17-9-8-16-5-3-7-19(20)21(16)17/h2-7,10-11,14H,8-9,12-13H2,1H3,(H,23,24). The van der Waals surface area contributed by atoms with Gasteiger partial charge < -0.3 is 10.1 Å². The van der Waals surface area contributed by atoms with E-state index in [2.05, 4.69) is 17.4 Å². The first-order valence-corrected chi connectivity index (χ1v) is 8.73. The highest BCUT2D eigenvalue weighted by atomic mass is 16.5. The van der Waals surface area contributed by atoms with Crippen molar-refractivity contribution >= 4 is 16.7 Å². The highest BCUT2D eigenvalue weighted by molar-refractivity contribution is 6.09. The van der Waals surface area contributed by atoms with Gasteiger partial charge in [0, 0.05) is 5.56 Å². The number of carbonyl (C=O) groups is 1. The summed E-state index contributed by atoms with van der Waals surface area (Å²) < 4.78 is 5.69. The molecule has 0 saturated heterocycles. The predicted molar refractivity (Wildman–Crippen MR) is 100 cm³/mol. The Morgan fingerprint density at radius 3 is 2.68 bits per heavy atom. The third kappa shape index (κ3) is 3.10. The summed E-state index contributed by atoms with van der Waals surface area (Å²) in [5.74, 6) is 0.794. The van der Waals surface area contributed by atoms with Crippen LogP contribution in [0.1, 0.15) is 27.0 Å². The summed E-state index contributed by atoms with van der Waals surface area (Å²) >= 11 is 0. The van der Waals surface area contributed by atoms with Gasteiger partial charge in [0.05, 0.1) is 6.54 Å². The van der Waals surface area contributed by atoms with E-state index >= 15 is 0 Å². The molecule has 3 aromatic carbocycles. The minimum Gasteiger partial charge on any atom is -0.492 e. The molecule has 0 fully saturated rings. The van der Waals surface area contributed by atoms with Crippen molar-refractivity contribution in [1.29, 1.82) is 0 Å². The third-order valence-electron chi connectivity index (χ3n) is 4.77. The molecule has 0 atom stereocenters. The molecule has 1 aliphatic carbocycles. The molecule has 3 nitrogen and oxygen atoms in total. The lowest BCUT2D eigenvalue weighted by Crippen LogP contribution is -2.28. The zero-order chi connectivity index (χ0) is 17.2. The van der Waals surface area contributed by atoms with Crippen molar-refractivity contribution in [3.63, 3.8) is 0 Å². The van der Waals surface area contributed by atoms with Crippen LogP contribution in [0.2, 0.25) is 0 Å². The number of aryl methyl sites for hydroxylation is 3. The van der Waals surface area contributed by atoms with E-state index < -0.39 is 0 Å². The summed E-state index contributed by atoms with van der Waals surface area (Å²) in [5.41, 5.74) is 4.61. The second-order valence-electron chi connectivity index (χ2n) is 6.53. The van der Waals surface area contributed by atoms with Crippen LogP contribution in [0.4, 0.5) is 0 Å². The van der Waals surface area contributed by atoms with Gasteiger partial charge >= 0.3 is 0 Å². The molecule has 126 valence electrons. The van der Waals surface area contributed by atoms with Crippen LogP contribution in [0.5, 0.6) is 5.75 Å². The lowest BCUT2D eigenvalue weighted by Gasteiger charge is -2.11. The van der Waals surface area contributed by atoms with Gasteiger partial charge in [0.2, 0.25) is 0 Å². The molecule has 0 bridgehead atoms. The van der Waals surface area contributed by atoms with Crippen molar-refractivity contribution in [1.82, 2.24) is 5.32 Å². The van der Waals surface area contributed by atoms with E-state index in [9.17, 15) is 4.79 Å². The van der Waals surface area contributed by atoms with Gasteiger partial charge in [-0.05, 0) is 65.4 Å². The van der Waals surface area contributed by atoms with Crippen LogP contribution in [-0.4, -0.2) is 19.1 Å². The van der Waals surface area contributed by atoms with E-state index in [1.165, 1.54) is 16.5 Å². The summed E-state index contributed by atoms with van der Waals surface area (Å²) in [7, 11) is 0. The normalized spacial score (nSPS) is 12.4. The minimum absolute atomic E-state index is 0.0385. The van der Waals surface area contributed by atoms with Crippen LogP contribution < -0.4 is 10.1 Å². The van der Waals surface area contributed by atoms with Crippen molar-refractivity contribution in [2.24, 2.45) is 0 Å². The van der Waals surface area contributed by atoms with Crippen molar-refractivity contribution in [2.75, 3.05) is 13.2 Å². The fourth-order valence-corrected chi connectivity index (χ4v) is 3.58. The van der Waals surface area contributed by atoms with Crippen LogP contribution in [0.15, 0.2) is 54.6 Å². The smallest absolute Gasteiger partial charge is 0.252 e. The fourth-order valence-electron chi connectivity index (χ4n) is 3.58. The number of carbonyl (C=O) groups excluding carboxylic acids is 1. The molecule has 0 radical (unpaired) electrons. The predicted octanol–water partition coefficient (Wildman–Crippen LogP) is 4.06. The van der Waals surface area contributed by atoms with E-state index in [1.807, 2.05) is 49.4 Å². The first kappa shape index (κ1) is 15.7. The molecule has 0 aliphatic heterocycles. The lowest BCUT2D eigenvalue weighted by molar-refractivity contribution is 0.0948. The Balaban J connectivity index is 1.43. The van der Waals surface area contributed by atoms with E-state index in [-0.39, 0.29) is 5.91 Å². The Bertz CT molecular complexity index is 936. The average molecular weight is 331 g/mol. The van der Waals surface area contributed by atoms with Crippen LogP contribution >= 0.6 is 0 Å². The van der Waals surface area contributed by atoms with Gasteiger partial charge in [0.15, 0.2) is 0 Å². The molecule has 0 spiro atoms. The molecular weight excluding hydrogens is 310 g/mol. The zero-order valence-electron chi connectivity index (χ0n) is 14.3. The summed E-state index contributed by atoms with van der Waals surface area (Å²) in [4.78, 5) is 12.6.